The van der Waals surface area contributed by atoms with Crippen molar-refractivity contribution in [3.8, 4) is 0 Å². The van der Waals surface area contributed by atoms with Crippen LogP contribution in [0.3, 0.4) is 0 Å². The number of amides is 2. The van der Waals surface area contributed by atoms with Crippen LogP contribution in [0.15, 0.2) is 29.2 Å². The third-order valence-corrected chi connectivity index (χ3v) is 3.24. The third-order valence-electron chi connectivity index (χ3n) is 2.45. The molecule has 1 aromatic carbocycles. The Morgan fingerprint density at radius 2 is 2.05 bits per heavy atom. The zero-order valence-electron chi connectivity index (χ0n) is 11.0. The van der Waals surface area contributed by atoms with Gasteiger partial charge in [-0.1, -0.05) is 37.2 Å². The van der Waals surface area contributed by atoms with Crippen LogP contribution in [0.1, 0.15) is 26.7 Å². The van der Waals surface area contributed by atoms with Crippen molar-refractivity contribution in [1.29, 1.82) is 0 Å². The first kappa shape index (κ1) is 15.8. The minimum atomic E-state index is -2.51. The number of anilines is 1. The molecule has 0 aromatic heterocycles. The molecule has 6 heteroatoms. The summed E-state index contributed by atoms with van der Waals surface area (Å²) in [7, 11) is 0. The Morgan fingerprint density at radius 3 is 2.68 bits per heavy atom. The van der Waals surface area contributed by atoms with Gasteiger partial charge in [0, 0.05) is 10.9 Å². The van der Waals surface area contributed by atoms with Crippen molar-refractivity contribution < 1.29 is 13.6 Å². The Bertz CT molecular complexity index is 415. The molecule has 0 heterocycles. The van der Waals surface area contributed by atoms with Crippen molar-refractivity contribution in [2.45, 2.75) is 43.4 Å². The summed E-state index contributed by atoms with van der Waals surface area (Å²) in [6.07, 6.45) is 1.85. The van der Waals surface area contributed by atoms with Crippen molar-refractivity contribution in [2.75, 3.05) is 5.32 Å². The van der Waals surface area contributed by atoms with Crippen molar-refractivity contribution in [3.05, 3.63) is 24.3 Å². The number of rotatable bonds is 6. The summed E-state index contributed by atoms with van der Waals surface area (Å²) in [4.78, 5) is 12.1. The van der Waals surface area contributed by atoms with Gasteiger partial charge in [-0.3, -0.25) is 0 Å². The van der Waals surface area contributed by atoms with E-state index < -0.39 is 5.76 Å². The molecule has 3 nitrogen and oxygen atoms in total. The van der Waals surface area contributed by atoms with Crippen molar-refractivity contribution in [2.24, 2.45) is 0 Å². The Balaban J connectivity index is 2.63. The topological polar surface area (TPSA) is 41.1 Å². The lowest BCUT2D eigenvalue weighted by Gasteiger charge is -2.15. The highest BCUT2D eigenvalue weighted by Crippen LogP contribution is 2.31. The molecule has 0 saturated heterocycles. The molecule has 2 N–H and O–H groups in total. The number of para-hydroxylation sites is 1. The molecule has 0 bridgehead atoms. The minimum absolute atomic E-state index is 0.0555. The first-order valence-electron chi connectivity index (χ1n) is 6.14. The molecular formula is C13H18F2N2OS. The van der Waals surface area contributed by atoms with Crippen LogP contribution in [0.25, 0.3) is 0 Å². The van der Waals surface area contributed by atoms with Gasteiger partial charge in [0.1, 0.15) is 0 Å². The maximum absolute atomic E-state index is 12.4. The van der Waals surface area contributed by atoms with Gasteiger partial charge in [-0.05, 0) is 25.5 Å². The van der Waals surface area contributed by atoms with E-state index in [1.54, 1.807) is 24.3 Å². The van der Waals surface area contributed by atoms with Crippen LogP contribution in [-0.4, -0.2) is 17.8 Å². The smallest absolute Gasteiger partial charge is 0.319 e. The molecule has 0 aliphatic carbocycles. The Hall–Kier alpha value is -1.30. The van der Waals surface area contributed by atoms with E-state index in [0.717, 1.165) is 12.8 Å². The average molecular weight is 288 g/mol. The highest BCUT2D eigenvalue weighted by Gasteiger charge is 2.12. The number of hydrogen-bond donors (Lipinski definition) is 2. The minimum Gasteiger partial charge on any atom is -0.335 e. The normalized spacial score (nSPS) is 12.3. The van der Waals surface area contributed by atoms with Gasteiger partial charge in [0.2, 0.25) is 0 Å². The van der Waals surface area contributed by atoms with Crippen molar-refractivity contribution >= 4 is 23.5 Å². The predicted octanol–water partition coefficient (Wildman–Crippen LogP) is 4.31. The lowest BCUT2D eigenvalue weighted by molar-refractivity contribution is 0.248. The largest absolute Gasteiger partial charge is 0.335 e. The maximum Gasteiger partial charge on any atom is 0.319 e. The van der Waals surface area contributed by atoms with E-state index in [1.165, 1.54) is 0 Å². The van der Waals surface area contributed by atoms with Crippen molar-refractivity contribution in [3.63, 3.8) is 0 Å². The second kappa shape index (κ2) is 7.99. The molecule has 0 spiro atoms. The molecule has 1 rings (SSSR count). The van der Waals surface area contributed by atoms with E-state index in [0.29, 0.717) is 22.3 Å². The van der Waals surface area contributed by atoms with Crippen LogP contribution in [0, 0.1) is 0 Å². The van der Waals surface area contributed by atoms with Crippen LogP contribution >= 0.6 is 11.8 Å². The lowest BCUT2D eigenvalue weighted by Crippen LogP contribution is -2.36. The first-order valence-corrected chi connectivity index (χ1v) is 7.02. The molecule has 0 radical (unpaired) electrons. The second-order valence-electron chi connectivity index (χ2n) is 4.16. The fourth-order valence-corrected chi connectivity index (χ4v) is 2.25. The fraction of sp³-hybridized carbons (Fsp3) is 0.462. The standard InChI is InChI=1S/C13H18F2N2OS/c1-3-6-9(2)16-13(18)17-10-7-4-5-8-11(10)19-12(14)15/h4-5,7-9,12H,3,6H2,1-2H3,(H2,16,17,18). The Labute approximate surface area is 116 Å². The third kappa shape index (κ3) is 5.92. The van der Waals surface area contributed by atoms with E-state index in [1.807, 2.05) is 13.8 Å². The monoisotopic (exact) mass is 288 g/mol. The predicted molar refractivity (Wildman–Crippen MR) is 74.8 cm³/mol. The quantitative estimate of drug-likeness (QED) is 0.766. The van der Waals surface area contributed by atoms with Gasteiger partial charge in [0.05, 0.1) is 5.69 Å². The van der Waals surface area contributed by atoms with Crippen LogP contribution in [0.2, 0.25) is 0 Å². The number of carbonyl (C=O) groups is 1. The van der Waals surface area contributed by atoms with Crippen LogP contribution < -0.4 is 10.6 Å². The van der Waals surface area contributed by atoms with Gasteiger partial charge in [0.15, 0.2) is 0 Å². The van der Waals surface area contributed by atoms with E-state index in [-0.39, 0.29) is 12.1 Å². The summed E-state index contributed by atoms with van der Waals surface area (Å²) >= 11 is 0.420. The number of thioether (sulfide) groups is 1. The summed E-state index contributed by atoms with van der Waals surface area (Å²) < 4.78 is 24.8. The zero-order valence-corrected chi connectivity index (χ0v) is 11.8. The summed E-state index contributed by atoms with van der Waals surface area (Å²) in [6.45, 7) is 3.94. The molecule has 2 amide bonds. The number of halogens is 2. The van der Waals surface area contributed by atoms with Gasteiger partial charge >= 0.3 is 6.03 Å². The number of carbonyl (C=O) groups excluding carboxylic acids is 1. The molecule has 1 aromatic rings. The second-order valence-corrected chi connectivity index (χ2v) is 5.19. The van der Waals surface area contributed by atoms with Gasteiger partial charge < -0.3 is 10.6 Å². The SMILES string of the molecule is CCCC(C)NC(=O)Nc1ccccc1SC(F)F. The average Bonchev–Trinajstić information content (AvgIpc) is 2.31. The lowest BCUT2D eigenvalue weighted by atomic mass is 10.2. The number of urea groups is 1. The molecule has 19 heavy (non-hydrogen) atoms. The molecule has 0 aliphatic rings. The summed E-state index contributed by atoms with van der Waals surface area (Å²) in [5.74, 6) is -2.51. The van der Waals surface area contributed by atoms with Gasteiger partial charge in [-0.15, -0.1) is 0 Å². The molecule has 1 unspecified atom stereocenters. The van der Waals surface area contributed by atoms with Crippen molar-refractivity contribution in [1.82, 2.24) is 5.32 Å². The fourth-order valence-electron chi connectivity index (χ4n) is 1.66. The Kier molecular flexibility index (Phi) is 6.62. The summed E-state index contributed by atoms with van der Waals surface area (Å²) in [5, 5.41) is 5.36. The van der Waals surface area contributed by atoms with Gasteiger partial charge in [-0.25, -0.2) is 4.79 Å². The number of benzene rings is 1. The van der Waals surface area contributed by atoms with Gasteiger partial charge in [0.25, 0.3) is 5.76 Å². The molecular weight excluding hydrogens is 270 g/mol. The summed E-state index contributed by atoms with van der Waals surface area (Å²) in [6, 6.07) is 6.20. The first-order chi connectivity index (χ1) is 9.02. The summed E-state index contributed by atoms with van der Waals surface area (Å²) in [5.41, 5.74) is 0.397. The highest BCUT2D eigenvalue weighted by atomic mass is 32.2. The molecule has 0 aliphatic heterocycles. The van der Waals surface area contributed by atoms with Crippen LogP contribution in [-0.2, 0) is 0 Å². The van der Waals surface area contributed by atoms with E-state index in [2.05, 4.69) is 10.6 Å². The van der Waals surface area contributed by atoms with Crippen LogP contribution in [0.5, 0.6) is 0 Å². The number of hydrogen-bond acceptors (Lipinski definition) is 2. The number of nitrogens with one attached hydrogen (secondary N) is 2. The Morgan fingerprint density at radius 1 is 1.37 bits per heavy atom. The van der Waals surface area contributed by atoms with E-state index >= 15 is 0 Å². The van der Waals surface area contributed by atoms with E-state index in [9.17, 15) is 13.6 Å². The van der Waals surface area contributed by atoms with E-state index in [4.69, 9.17) is 0 Å². The molecule has 1 atom stereocenters. The van der Waals surface area contributed by atoms with Crippen LogP contribution in [0.4, 0.5) is 19.3 Å². The molecule has 0 fully saturated rings. The van der Waals surface area contributed by atoms with Gasteiger partial charge in [-0.2, -0.15) is 8.78 Å². The molecule has 0 saturated carbocycles. The number of alkyl halides is 2. The zero-order chi connectivity index (χ0) is 14.3. The highest BCUT2D eigenvalue weighted by molar-refractivity contribution is 7.99. The maximum atomic E-state index is 12.4. The molecule has 106 valence electrons.